The van der Waals surface area contributed by atoms with Crippen molar-refractivity contribution in [3.8, 4) is 0 Å². The first-order chi connectivity index (χ1) is 18.4. The Bertz CT molecular complexity index is 1220. The van der Waals surface area contributed by atoms with Gasteiger partial charge in [-0.25, -0.2) is 4.79 Å². The van der Waals surface area contributed by atoms with Crippen LogP contribution in [-0.4, -0.2) is 81.8 Å². The highest BCUT2D eigenvalue weighted by Crippen LogP contribution is 2.19. The molecule has 0 aliphatic carbocycles. The fourth-order valence-corrected chi connectivity index (χ4v) is 4.24. The van der Waals surface area contributed by atoms with Crippen LogP contribution in [0.3, 0.4) is 0 Å². The normalized spacial score (nSPS) is 14.0. The minimum absolute atomic E-state index is 0.0769. The number of carbonyl (C=O) groups excluding carboxylic acids is 5. The third-order valence-corrected chi connectivity index (χ3v) is 6.40. The summed E-state index contributed by atoms with van der Waals surface area (Å²) in [5.74, 6) is -5.21. The molecule has 11 N–H and O–H groups in total. The zero-order valence-electron chi connectivity index (χ0n) is 21.3. The average Bonchev–Trinajstić information content (AvgIpc) is 3.27. The number of carbonyl (C=O) groups is 6. The molecule has 4 unspecified atom stereocenters. The number of nitrogens with one attached hydrogen (secondary N) is 4. The molecule has 0 radical (unpaired) electrons. The smallest absolute Gasteiger partial charge is 0.326 e. The Morgan fingerprint density at radius 2 is 1.49 bits per heavy atom. The summed E-state index contributed by atoms with van der Waals surface area (Å²) < 4.78 is 0. The number of para-hydroxylation sites is 1. The van der Waals surface area contributed by atoms with Gasteiger partial charge in [0.2, 0.25) is 29.5 Å². The number of fused-ring (bicyclic) bond motifs is 1. The number of aromatic amines is 1. The van der Waals surface area contributed by atoms with Crippen molar-refractivity contribution in [2.45, 2.75) is 49.9 Å². The van der Waals surface area contributed by atoms with Crippen molar-refractivity contribution >= 4 is 58.2 Å². The summed E-state index contributed by atoms with van der Waals surface area (Å²) in [6.07, 6.45) is 2.40. The average molecular weight is 564 g/mol. The van der Waals surface area contributed by atoms with E-state index in [1.165, 1.54) is 11.8 Å². The lowest BCUT2D eigenvalue weighted by Gasteiger charge is -2.24. The molecule has 1 aromatic heterocycles. The number of hydrogen-bond acceptors (Lipinski definition) is 8. The Hall–Kier alpha value is -4.11. The van der Waals surface area contributed by atoms with Crippen molar-refractivity contribution in [3.05, 3.63) is 36.0 Å². The molecule has 5 amide bonds. The Balaban J connectivity index is 2.17. The molecule has 212 valence electrons. The van der Waals surface area contributed by atoms with E-state index in [1.807, 2.05) is 12.1 Å². The molecule has 2 aromatic rings. The summed E-state index contributed by atoms with van der Waals surface area (Å²) in [6.45, 7) is 0. The van der Waals surface area contributed by atoms with Crippen LogP contribution in [0.1, 0.15) is 24.8 Å². The summed E-state index contributed by atoms with van der Waals surface area (Å²) in [4.78, 5) is 76.2. The van der Waals surface area contributed by atoms with Crippen LogP contribution in [0.25, 0.3) is 10.9 Å². The third kappa shape index (κ3) is 9.61. The minimum Gasteiger partial charge on any atom is -0.480 e. The van der Waals surface area contributed by atoms with Crippen molar-refractivity contribution in [1.29, 1.82) is 0 Å². The number of thioether (sulfide) groups is 1. The van der Waals surface area contributed by atoms with Crippen molar-refractivity contribution in [3.63, 3.8) is 0 Å². The van der Waals surface area contributed by atoms with Gasteiger partial charge in [0.05, 0.1) is 18.9 Å². The van der Waals surface area contributed by atoms with Crippen LogP contribution in [0.5, 0.6) is 0 Å². The van der Waals surface area contributed by atoms with Crippen molar-refractivity contribution < 1.29 is 33.9 Å². The molecule has 39 heavy (non-hydrogen) atoms. The Labute approximate surface area is 228 Å². The number of carboxylic acid groups (broad SMARTS) is 1. The number of aliphatic carboxylic acids is 1. The van der Waals surface area contributed by atoms with Crippen LogP contribution in [0, 0.1) is 0 Å². The van der Waals surface area contributed by atoms with Crippen molar-refractivity contribution in [1.82, 2.24) is 20.9 Å². The number of nitrogens with two attached hydrogens (primary N) is 3. The predicted molar refractivity (Wildman–Crippen MR) is 144 cm³/mol. The first kappa shape index (κ1) is 31.1. The van der Waals surface area contributed by atoms with E-state index >= 15 is 0 Å². The fourth-order valence-electron chi connectivity index (χ4n) is 3.77. The van der Waals surface area contributed by atoms with Crippen LogP contribution in [0.4, 0.5) is 0 Å². The summed E-state index contributed by atoms with van der Waals surface area (Å²) in [5.41, 5.74) is 17.4. The van der Waals surface area contributed by atoms with Gasteiger partial charge in [0.15, 0.2) is 0 Å². The van der Waals surface area contributed by atoms with E-state index in [0.717, 1.165) is 10.9 Å². The van der Waals surface area contributed by atoms with Gasteiger partial charge in [-0.3, -0.25) is 24.0 Å². The minimum atomic E-state index is -1.52. The first-order valence-corrected chi connectivity index (χ1v) is 13.3. The number of carboxylic acids is 1. The summed E-state index contributed by atoms with van der Waals surface area (Å²) >= 11 is 1.39. The van der Waals surface area contributed by atoms with Gasteiger partial charge in [0.1, 0.15) is 18.1 Å². The van der Waals surface area contributed by atoms with E-state index in [2.05, 4.69) is 20.9 Å². The maximum absolute atomic E-state index is 13.0. The van der Waals surface area contributed by atoms with Gasteiger partial charge < -0.3 is 43.2 Å². The predicted octanol–water partition coefficient (Wildman–Crippen LogP) is -1.92. The molecule has 0 bridgehead atoms. The molecule has 0 spiro atoms. The number of benzene rings is 1. The van der Waals surface area contributed by atoms with Gasteiger partial charge in [0.25, 0.3) is 0 Å². The second-order valence-corrected chi connectivity index (χ2v) is 9.80. The van der Waals surface area contributed by atoms with Crippen LogP contribution in [0.2, 0.25) is 0 Å². The highest BCUT2D eigenvalue weighted by Gasteiger charge is 2.31. The van der Waals surface area contributed by atoms with Crippen LogP contribution in [0.15, 0.2) is 30.5 Å². The molecular formula is C24H33N7O7S. The van der Waals surface area contributed by atoms with Crippen molar-refractivity contribution in [2.75, 3.05) is 12.0 Å². The third-order valence-electron chi connectivity index (χ3n) is 5.75. The molecule has 14 nitrogen and oxygen atoms in total. The van der Waals surface area contributed by atoms with Crippen LogP contribution >= 0.6 is 11.8 Å². The zero-order chi connectivity index (χ0) is 29.1. The molecule has 1 heterocycles. The van der Waals surface area contributed by atoms with E-state index in [0.29, 0.717) is 11.3 Å². The summed E-state index contributed by atoms with van der Waals surface area (Å²) in [5, 5.41) is 17.7. The number of rotatable bonds is 16. The highest BCUT2D eigenvalue weighted by molar-refractivity contribution is 7.98. The van der Waals surface area contributed by atoms with E-state index in [-0.39, 0.29) is 12.8 Å². The van der Waals surface area contributed by atoms with Gasteiger partial charge in [-0.05, 0) is 30.1 Å². The van der Waals surface area contributed by atoms with Gasteiger partial charge in [-0.1, -0.05) is 18.2 Å². The maximum Gasteiger partial charge on any atom is 0.326 e. The molecule has 15 heteroatoms. The number of hydrogen-bond donors (Lipinski definition) is 8. The van der Waals surface area contributed by atoms with Crippen molar-refractivity contribution in [2.24, 2.45) is 17.2 Å². The number of H-pyrrole nitrogens is 1. The molecule has 4 atom stereocenters. The number of primary amides is 2. The molecule has 0 saturated carbocycles. The Morgan fingerprint density at radius 1 is 0.897 bits per heavy atom. The maximum atomic E-state index is 13.0. The molecular weight excluding hydrogens is 530 g/mol. The lowest BCUT2D eigenvalue weighted by atomic mass is 10.0. The van der Waals surface area contributed by atoms with Gasteiger partial charge in [0, 0.05) is 23.5 Å². The lowest BCUT2D eigenvalue weighted by molar-refractivity contribution is -0.142. The van der Waals surface area contributed by atoms with Gasteiger partial charge in [-0.15, -0.1) is 0 Å². The molecule has 2 rings (SSSR count). The largest absolute Gasteiger partial charge is 0.480 e. The monoisotopic (exact) mass is 563 g/mol. The molecule has 0 fully saturated rings. The topological polar surface area (TPSA) is 253 Å². The van der Waals surface area contributed by atoms with Gasteiger partial charge >= 0.3 is 5.97 Å². The summed E-state index contributed by atoms with van der Waals surface area (Å²) in [6, 6.07) is 1.85. The molecule has 0 saturated heterocycles. The molecule has 1 aromatic carbocycles. The second-order valence-electron chi connectivity index (χ2n) is 8.81. The van der Waals surface area contributed by atoms with Crippen LogP contribution in [-0.2, 0) is 35.2 Å². The first-order valence-electron chi connectivity index (χ1n) is 11.9. The standard InChI is InChI=1S/C24H33N7O7S/c1-39-7-6-16(29-21(34)14(25)9-19(26)32)22(35)30-17(10-20(27)33)23(36)31-18(24(37)38)8-12-11-28-15-5-3-2-4-13(12)15/h2-5,11,14,16-18,28H,6-10,25H2,1H3,(H2,26,32)(H2,27,33)(H,29,34)(H,30,35)(H,31,36)(H,37,38). The SMILES string of the molecule is CSCCC(NC(=O)C(N)CC(N)=O)C(=O)NC(CC(N)=O)C(=O)NC(Cc1c[nH]c2ccccc12)C(=O)O. The van der Waals surface area contributed by atoms with Crippen LogP contribution < -0.4 is 33.2 Å². The molecule has 0 aliphatic heterocycles. The zero-order valence-corrected chi connectivity index (χ0v) is 22.1. The van der Waals surface area contributed by atoms with E-state index in [1.54, 1.807) is 24.6 Å². The van der Waals surface area contributed by atoms with E-state index in [4.69, 9.17) is 17.2 Å². The number of aromatic nitrogens is 1. The second kappa shape index (κ2) is 14.7. The van der Waals surface area contributed by atoms with E-state index < -0.39 is 72.5 Å². The quantitative estimate of drug-likeness (QED) is 0.113. The fraction of sp³-hybridized carbons (Fsp3) is 0.417. The highest BCUT2D eigenvalue weighted by atomic mass is 32.2. The Morgan fingerprint density at radius 3 is 2.10 bits per heavy atom. The lowest BCUT2D eigenvalue weighted by Crippen LogP contribution is -2.58. The van der Waals surface area contributed by atoms with Gasteiger partial charge in [-0.2, -0.15) is 11.8 Å². The summed E-state index contributed by atoms with van der Waals surface area (Å²) in [7, 11) is 0. The molecule has 0 aliphatic rings. The van der Waals surface area contributed by atoms with E-state index in [9.17, 15) is 33.9 Å². The number of amides is 5. The Kier molecular flexibility index (Phi) is 11.7.